The van der Waals surface area contributed by atoms with Gasteiger partial charge in [0.05, 0.1) is 48.2 Å². The molecule has 0 spiro atoms. The lowest BCUT2D eigenvalue weighted by Gasteiger charge is -2.41. The first-order valence-corrected chi connectivity index (χ1v) is 14.9. The van der Waals surface area contributed by atoms with E-state index in [0.717, 1.165) is 5.56 Å². The van der Waals surface area contributed by atoms with Gasteiger partial charge in [-0.3, -0.25) is 19.3 Å². The summed E-state index contributed by atoms with van der Waals surface area (Å²) in [6.45, 7) is 12.6. The Hall–Kier alpha value is -3.57. The van der Waals surface area contributed by atoms with E-state index < -0.39 is 11.5 Å². The first-order valence-electron chi connectivity index (χ1n) is 14.9. The van der Waals surface area contributed by atoms with Crippen LogP contribution < -0.4 is 10.1 Å². The fourth-order valence-electron chi connectivity index (χ4n) is 6.31. The average Bonchev–Trinajstić information content (AvgIpc) is 3.43. The van der Waals surface area contributed by atoms with Gasteiger partial charge < -0.3 is 24.6 Å². The normalized spacial score (nSPS) is 22.5. The van der Waals surface area contributed by atoms with Gasteiger partial charge in [0, 0.05) is 45.2 Å². The summed E-state index contributed by atoms with van der Waals surface area (Å²) in [6, 6.07) is 7.77. The van der Waals surface area contributed by atoms with Gasteiger partial charge in [0.25, 0.3) is 5.91 Å². The largest absolute Gasteiger partial charge is 0.492 e. The van der Waals surface area contributed by atoms with Gasteiger partial charge in [-0.15, -0.1) is 0 Å². The maximum absolute atomic E-state index is 13.9. The summed E-state index contributed by atoms with van der Waals surface area (Å²) in [4.78, 5) is 55.2. The summed E-state index contributed by atoms with van der Waals surface area (Å²) < 4.78 is 11.6. The molecular weight excluding hydrogens is 536 g/mol. The number of likely N-dealkylation sites (tertiary alicyclic amines) is 1. The summed E-state index contributed by atoms with van der Waals surface area (Å²) in [7, 11) is 0. The number of nitrogens with zero attached hydrogens (tertiary/aromatic N) is 5. The van der Waals surface area contributed by atoms with Crippen molar-refractivity contribution in [3.8, 4) is 5.75 Å². The molecule has 2 saturated heterocycles. The number of aromatic nitrogens is 2. The Bertz CT molecular complexity index is 1290. The van der Waals surface area contributed by atoms with Crippen molar-refractivity contribution in [1.82, 2.24) is 30.0 Å². The minimum absolute atomic E-state index is 0.0275. The minimum Gasteiger partial charge on any atom is -0.492 e. The molecule has 11 nitrogen and oxygen atoms in total. The Morgan fingerprint density at radius 2 is 1.67 bits per heavy atom. The number of morpholine rings is 1. The Morgan fingerprint density at radius 1 is 0.952 bits per heavy atom. The maximum atomic E-state index is 13.9. The third kappa shape index (κ3) is 6.27. The second-order valence-electron chi connectivity index (χ2n) is 11.9. The summed E-state index contributed by atoms with van der Waals surface area (Å²) in [5.41, 5.74) is 2.04. The molecule has 3 aliphatic heterocycles. The molecular formula is C31H42N6O5. The van der Waals surface area contributed by atoms with Crippen LogP contribution >= 0.6 is 0 Å². The molecule has 2 atom stereocenters. The molecule has 42 heavy (non-hydrogen) atoms. The molecule has 3 amide bonds. The van der Waals surface area contributed by atoms with Crippen LogP contribution in [0.1, 0.15) is 53.5 Å². The Kier molecular flexibility index (Phi) is 9.08. The Morgan fingerprint density at radius 3 is 2.40 bits per heavy atom. The van der Waals surface area contributed by atoms with Crippen LogP contribution in [-0.4, -0.2) is 114 Å². The van der Waals surface area contributed by atoms with Crippen molar-refractivity contribution in [2.24, 2.45) is 5.92 Å². The minimum atomic E-state index is -0.695. The SMILES string of the molecule is Cc1ncnc(C)c1C(=O)N1CCCNC(=O)[C@H]2CN(C(=O)C(C)(C)N3CCOCC3)C[C@@H]2c2cccc(c2)OCC1. The fourth-order valence-corrected chi connectivity index (χ4v) is 6.31. The summed E-state index contributed by atoms with van der Waals surface area (Å²) in [5.74, 6) is -0.0667. The highest BCUT2D eigenvalue weighted by Crippen LogP contribution is 2.36. The maximum Gasteiger partial charge on any atom is 0.257 e. The van der Waals surface area contributed by atoms with Crippen molar-refractivity contribution < 1.29 is 23.9 Å². The zero-order chi connectivity index (χ0) is 29.9. The van der Waals surface area contributed by atoms with E-state index in [4.69, 9.17) is 9.47 Å². The van der Waals surface area contributed by atoms with Gasteiger partial charge >= 0.3 is 0 Å². The zero-order valence-corrected chi connectivity index (χ0v) is 25.1. The van der Waals surface area contributed by atoms with Crippen LogP contribution in [0.4, 0.5) is 0 Å². The van der Waals surface area contributed by atoms with Crippen LogP contribution in [0.25, 0.3) is 0 Å². The van der Waals surface area contributed by atoms with Crippen molar-refractivity contribution in [2.75, 3.05) is 65.6 Å². The van der Waals surface area contributed by atoms with Crippen molar-refractivity contribution in [3.05, 3.63) is 53.1 Å². The van der Waals surface area contributed by atoms with Crippen LogP contribution in [0, 0.1) is 19.8 Å². The van der Waals surface area contributed by atoms with Crippen LogP contribution in [0.3, 0.4) is 0 Å². The first-order chi connectivity index (χ1) is 20.2. The van der Waals surface area contributed by atoms with Gasteiger partial charge in [0.2, 0.25) is 11.8 Å². The van der Waals surface area contributed by atoms with Crippen molar-refractivity contribution in [2.45, 2.75) is 45.6 Å². The molecule has 11 heteroatoms. The number of carbonyl (C=O) groups is 3. The zero-order valence-electron chi connectivity index (χ0n) is 25.1. The highest BCUT2D eigenvalue weighted by molar-refractivity contribution is 5.96. The number of benzene rings is 1. The summed E-state index contributed by atoms with van der Waals surface area (Å²) in [6.07, 6.45) is 2.04. The number of nitrogens with one attached hydrogen (secondary N) is 1. The lowest BCUT2D eigenvalue weighted by atomic mass is 9.88. The Labute approximate surface area is 247 Å². The lowest BCUT2D eigenvalue weighted by Crippen LogP contribution is -2.58. The summed E-state index contributed by atoms with van der Waals surface area (Å²) in [5, 5.41) is 3.10. The Balaban J connectivity index is 1.35. The van der Waals surface area contributed by atoms with Crippen LogP contribution in [0.5, 0.6) is 5.75 Å². The number of hydrogen-bond donors (Lipinski definition) is 1. The van der Waals surface area contributed by atoms with E-state index in [9.17, 15) is 14.4 Å². The number of carbonyl (C=O) groups excluding carboxylic acids is 3. The molecule has 1 N–H and O–H groups in total. The van der Waals surface area contributed by atoms with Gasteiger partial charge in [-0.05, 0) is 51.8 Å². The molecule has 2 fully saturated rings. The monoisotopic (exact) mass is 578 g/mol. The summed E-state index contributed by atoms with van der Waals surface area (Å²) >= 11 is 0. The third-order valence-electron chi connectivity index (χ3n) is 8.82. The van der Waals surface area contributed by atoms with Gasteiger partial charge in [-0.1, -0.05) is 12.1 Å². The molecule has 2 bridgehead atoms. The first kappa shape index (κ1) is 29.9. The smallest absolute Gasteiger partial charge is 0.257 e. The standard InChI is InChI=1S/C31H42N6O5/c1-21-27(22(2)34-20-33-21)29(39)35-10-6-9-32-28(38)26-19-36(30(40)31(3,4)37-12-14-41-15-13-37)18-25(26)23-7-5-8-24(17-23)42-16-11-35/h5,7-8,17,20,25-26H,6,9-16,18-19H2,1-4H3,(H,32,38)/t25-,26+/m1/s1. The molecule has 1 aromatic carbocycles. The van der Waals surface area contributed by atoms with Gasteiger partial charge in [-0.2, -0.15) is 0 Å². The molecule has 0 unspecified atom stereocenters. The number of fused-ring (bicyclic) bond motifs is 4. The van der Waals surface area contributed by atoms with E-state index >= 15 is 0 Å². The number of aryl methyl sites for hydroxylation is 2. The third-order valence-corrected chi connectivity index (χ3v) is 8.82. The molecule has 5 rings (SSSR count). The highest BCUT2D eigenvalue weighted by atomic mass is 16.5. The van der Waals surface area contributed by atoms with Crippen LogP contribution in [-0.2, 0) is 14.3 Å². The lowest BCUT2D eigenvalue weighted by molar-refractivity contribution is -0.144. The average molecular weight is 579 g/mol. The fraction of sp³-hybridized carbons (Fsp3) is 0.581. The van der Waals surface area contributed by atoms with Gasteiger partial charge in [0.1, 0.15) is 18.7 Å². The quantitative estimate of drug-likeness (QED) is 0.586. The molecule has 0 saturated carbocycles. The van der Waals surface area contributed by atoms with E-state index in [-0.39, 0.29) is 23.6 Å². The van der Waals surface area contributed by atoms with Crippen molar-refractivity contribution in [1.29, 1.82) is 0 Å². The molecule has 226 valence electrons. The molecule has 1 aromatic heterocycles. The number of amides is 3. The van der Waals surface area contributed by atoms with E-state index in [0.29, 0.717) is 94.8 Å². The number of rotatable bonds is 3. The molecule has 4 heterocycles. The van der Waals surface area contributed by atoms with Crippen LogP contribution in [0.2, 0.25) is 0 Å². The van der Waals surface area contributed by atoms with Crippen molar-refractivity contribution >= 4 is 17.7 Å². The second kappa shape index (κ2) is 12.7. The molecule has 2 aromatic rings. The predicted molar refractivity (Wildman–Crippen MR) is 156 cm³/mol. The van der Waals surface area contributed by atoms with Crippen molar-refractivity contribution in [3.63, 3.8) is 0 Å². The second-order valence-corrected chi connectivity index (χ2v) is 11.9. The molecule has 3 aliphatic rings. The van der Waals surface area contributed by atoms with E-state index in [1.54, 1.807) is 4.90 Å². The van der Waals surface area contributed by atoms with Gasteiger partial charge in [0.15, 0.2) is 0 Å². The topological polar surface area (TPSA) is 117 Å². The number of ether oxygens (including phenoxy) is 2. The number of hydrogen-bond acceptors (Lipinski definition) is 8. The molecule has 0 radical (unpaired) electrons. The van der Waals surface area contributed by atoms with E-state index in [2.05, 4.69) is 20.2 Å². The molecule has 0 aliphatic carbocycles. The van der Waals surface area contributed by atoms with Crippen LogP contribution in [0.15, 0.2) is 30.6 Å². The van der Waals surface area contributed by atoms with Gasteiger partial charge in [-0.25, -0.2) is 9.97 Å². The predicted octanol–water partition coefficient (Wildman–Crippen LogP) is 1.79. The van der Waals surface area contributed by atoms with E-state index in [1.807, 2.05) is 56.9 Å². The highest BCUT2D eigenvalue weighted by Gasteiger charge is 2.46. The van der Waals surface area contributed by atoms with E-state index in [1.165, 1.54) is 6.33 Å².